The normalized spacial score (nSPS) is 24.5. The number of carboxylic acid groups (broad SMARTS) is 2. The first-order valence-electron chi connectivity index (χ1n) is 14.6. The molecule has 10 nitrogen and oxygen atoms in total. The monoisotopic (exact) mass is 616 g/mol. The average Bonchev–Trinajstić information content (AvgIpc) is 3.72. The molecule has 5 heterocycles. The van der Waals surface area contributed by atoms with E-state index < -0.39 is 29.7 Å². The van der Waals surface area contributed by atoms with Crippen molar-refractivity contribution >= 4 is 76.9 Å². The summed E-state index contributed by atoms with van der Waals surface area (Å²) in [4.78, 5) is 52.6. The molecule has 2 aliphatic heterocycles. The molecule has 1 aliphatic carbocycles. The predicted molar refractivity (Wildman–Crippen MR) is 170 cm³/mol. The molecule has 0 aromatic carbocycles. The molecule has 1 saturated heterocycles. The van der Waals surface area contributed by atoms with Gasteiger partial charge in [-0.25, -0.2) is 0 Å². The van der Waals surface area contributed by atoms with Crippen LogP contribution >= 0.6 is 0 Å². The van der Waals surface area contributed by atoms with Crippen LogP contribution in [0.2, 0.25) is 0 Å². The van der Waals surface area contributed by atoms with Crippen molar-refractivity contribution in [1.29, 1.82) is 0 Å². The number of ketones is 1. The molecule has 228 valence electrons. The third kappa shape index (κ3) is 4.98. The Morgan fingerprint density at radius 2 is 1.71 bits per heavy atom. The molecule has 3 aliphatic rings. The van der Waals surface area contributed by atoms with Crippen molar-refractivity contribution in [2.45, 2.75) is 53.0 Å². The van der Waals surface area contributed by atoms with Crippen molar-refractivity contribution in [2.75, 3.05) is 0 Å². The van der Waals surface area contributed by atoms with Crippen molar-refractivity contribution in [3.8, 4) is 0 Å². The SMILES string of the molecule is C=Cc1c2[n-]c(c1C)/C=C1/[N-]C(C3=c4[n-]/c(c(C)c4C(=O)[C@@H]3C(=O)O)=C\c3[n-]c(/c(=C\O)c3CC)=C\2)[C@@H](CCC(=O)O)[C@@H]1C.[Mg+2]. The van der Waals surface area contributed by atoms with E-state index in [9.17, 15) is 29.7 Å². The number of rotatable bonds is 6. The Bertz CT molecular complexity index is 2060. The van der Waals surface area contributed by atoms with E-state index >= 15 is 0 Å². The van der Waals surface area contributed by atoms with Gasteiger partial charge in [-0.15, -0.1) is 33.1 Å². The fraction of sp³-hybridized carbons (Fsp3) is 0.324. The second-order valence-electron chi connectivity index (χ2n) is 11.6. The molecule has 0 saturated carbocycles. The van der Waals surface area contributed by atoms with Gasteiger partial charge in [0.1, 0.15) is 5.92 Å². The van der Waals surface area contributed by atoms with Gasteiger partial charge in [0.05, 0.1) is 6.26 Å². The van der Waals surface area contributed by atoms with Crippen LogP contribution in [0.4, 0.5) is 0 Å². The number of carbonyl (C=O) groups is 3. The fourth-order valence-electron chi connectivity index (χ4n) is 7.03. The van der Waals surface area contributed by atoms with Crippen LogP contribution in [-0.2, 0) is 16.0 Å². The van der Waals surface area contributed by atoms with E-state index in [1.165, 1.54) is 0 Å². The van der Waals surface area contributed by atoms with Crippen LogP contribution in [0.15, 0.2) is 12.3 Å². The molecular formula is C34H32MgN4O6-2. The second kappa shape index (κ2) is 11.9. The van der Waals surface area contributed by atoms with E-state index in [1.54, 1.807) is 19.1 Å². The van der Waals surface area contributed by atoms with Crippen LogP contribution in [0.1, 0.15) is 76.4 Å². The standard InChI is InChI=1S/C34H32N4O6.Mg/c1-6-17-14(3)21-10-22-15(4)19(8-9-27(40)41)31(37-22)29-30(34(43)44)33(42)28-16(5)23(38-32(28)29)11-25-18(7-2)20(13-39)26(36-25)12-24(17)35-21;/h6,10-13,15,19,30-31H,1,7-9H2,2-5H3,(H,39,42)(H,40,41)(H,43,44);/q-4;+2/b22-10+,26-12-;/t15-,19-,30+,31?;/m0./s1. The number of aromatic nitrogens is 3. The number of aliphatic carboxylic acids is 2. The number of Topliss-reactive ketones (excluding diaryl/α,β-unsaturated/α-hetero) is 1. The molecule has 3 N–H and O–H groups in total. The van der Waals surface area contributed by atoms with Crippen LogP contribution in [0.5, 0.6) is 0 Å². The minimum Gasteiger partial charge on any atom is -0.681 e. The summed E-state index contributed by atoms with van der Waals surface area (Å²) in [5.74, 6) is -4.90. The number of aliphatic hydroxyl groups is 1. The predicted octanol–water partition coefficient (Wildman–Crippen LogP) is 1.23. The topological polar surface area (TPSA) is 168 Å². The number of allylic oxidation sites excluding steroid dienone is 1. The molecule has 45 heavy (non-hydrogen) atoms. The number of fused-ring (bicyclic) bond motifs is 8. The summed E-state index contributed by atoms with van der Waals surface area (Å²) in [7, 11) is 0. The first-order valence-corrected chi connectivity index (χ1v) is 14.6. The molecule has 1 fully saturated rings. The van der Waals surface area contributed by atoms with Gasteiger partial charge in [-0.3, -0.25) is 14.4 Å². The number of aliphatic hydroxyl groups excluding tert-OH is 1. The third-order valence-corrected chi connectivity index (χ3v) is 9.36. The van der Waals surface area contributed by atoms with E-state index in [1.807, 2.05) is 32.9 Å². The maximum atomic E-state index is 13.8. The van der Waals surface area contributed by atoms with Gasteiger partial charge in [0.2, 0.25) is 0 Å². The van der Waals surface area contributed by atoms with Crippen LogP contribution in [0.25, 0.3) is 41.5 Å². The van der Waals surface area contributed by atoms with E-state index in [2.05, 4.69) is 6.58 Å². The Morgan fingerprint density at radius 1 is 1.00 bits per heavy atom. The molecule has 0 amide bonds. The Kier molecular flexibility index (Phi) is 8.54. The molecular weight excluding hydrogens is 585 g/mol. The number of carbonyl (C=O) groups excluding carboxylic acids is 1. The van der Waals surface area contributed by atoms with Crippen molar-refractivity contribution in [3.63, 3.8) is 0 Å². The van der Waals surface area contributed by atoms with Gasteiger partial charge >= 0.3 is 35.0 Å². The minimum atomic E-state index is -1.47. The Hall–Kier alpha value is -4.22. The molecule has 6 rings (SSSR count). The van der Waals surface area contributed by atoms with Gasteiger partial charge in [-0.1, -0.05) is 73.0 Å². The summed E-state index contributed by atoms with van der Waals surface area (Å²) in [6.45, 7) is 11.5. The molecule has 4 atom stereocenters. The summed E-state index contributed by atoms with van der Waals surface area (Å²) in [5.41, 5.74) is 5.98. The molecule has 11 heteroatoms. The molecule has 3 aromatic heterocycles. The van der Waals surface area contributed by atoms with E-state index in [0.717, 1.165) is 23.0 Å². The van der Waals surface area contributed by atoms with Crippen molar-refractivity contribution < 1.29 is 29.7 Å². The van der Waals surface area contributed by atoms with Crippen molar-refractivity contribution in [2.24, 2.45) is 17.8 Å². The zero-order valence-electron chi connectivity index (χ0n) is 25.6. The van der Waals surface area contributed by atoms with Crippen molar-refractivity contribution in [1.82, 2.24) is 15.0 Å². The van der Waals surface area contributed by atoms with Gasteiger partial charge in [0, 0.05) is 12.0 Å². The zero-order valence-corrected chi connectivity index (χ0v) is 27.0. The quantitative estimate of drug-likeness (QED) is 0.272. The maximum Gasteiger partial charge on any atom is 2.00 e. The summed E-state index contributed by atoms with van der Waals surface area (Å²) >= 11 is 0. The Morgan fingerprint density at radius 3 is 2.33 bits per heavy atom. The van der Waals surface area contributed by atoms with E-state index in [0.29, 0.717) is 61.6 Å². The first-order chi connectivity index (χ1) is 21.0. The average molecular weight is 617 g/mol. The van der Waals surface area contributed by atoms with Gasteiger partial charge in [0.25, 0.3) is 0 Å². The smallest absolute Gasteiger partial charge is 0.681 e. The van der Waals surface area contributed by atoms with Gasteiger partial charge in [-0.05, 0) is 49.3 Å². The number of carboxylic acids is 2. The molecule has 3 aromatic rings. The van der Waals surface area contributed by atoms with Crippen LogP contribution in [0, 0.1) is 31.6 Å². The van der Waals surface area contributed by atoms with Gasteiger partial charge < -0.3 is 35.6 Å². The first kappa shape index (κ1) is 32.2. The fourth-order valence-corrected chi connectivity index (χ4v) is 7.03. The Balaban J connectivity index is 0.00000400. The van der Waals surface area contributed by atoms with Crippen LogP contribution in [-0.4, -0.2) is 62.1 Å². The Labute approximate surface area is 275 Å². The third-order valence-electron chi connectivity index (χ3n) is 9.36. The summed E-state index contributed by atoms with van der Waals surface area (Å²) in [6, 6.07) is -0.762. The zero-order chi connectivity index (χ0) is 31.6. The van der Waals surface area contributed by atoms with Crippen LogP contribution in [0.3, 0.4) is 0 Å². The number of hydrogen-bond donors (Lipinski definition) is 3. The van der Waals surface area contributed by atoms with Gasteiger partial charge in [-0.2, -0.15) is 5.70 Å². The molecule has 0 spiro atoms. The second-order valence-corrected chi connectivity index (χ2v) is 11.6. The maximum absolute atomic E-state index is 13.8. The largest absolute Gasteiger partial charge is 2.00 e. The molecule has 1 unspecified atom stereocenters. The summed E-state index contributed by atoms with van der Waals surface area (Å²) in [5, 5.41) is 36.9. The number of hydrogen-bond acceptors (Lipinski definition) is 4. The summed E-state index contributed by atoms with van der Waals surface area (Å²) in [6.07, 6.45) is 8.83. The van der Waals surface area contributed by atoms with Gasteiger partial charge in [0.15, 0.2) is 5.78 Å². The van der Waals surface area contributed by atoms with Crippen molar-refractivity contribution in [3.05, 3.63) is 83.8 Å². The van der Waals surface area contributed by atoms with E-state index in [4.69, 9.17) is 20.3 Å². The molecule has 8 bridgehead atoms. The number of nitrogens with zero attached hydrogens (tertiary/aromatic N) is 4. The summed E-state index contributed by atoms with van der Waals surface area (Å²) < 4.78 is 0. The van der Waals surface area contributed by atoms with Crippen LogP contribution < -0.4 is 36.2 Å². The van der Waals surface area contributed by atoms with E-state index in [-0.39, 0.29) is 53.3 Å². The molecule has 0 radical (unpaired) electrons. The minimum absolute atomic E-state index is 0.